The zero-order valence-corrected chi connectivity index (χ0v) is 23.7. The number of carbonyl (C=O) groups is 6. The minimum Gasteiger partial charge on any atom is -0.507 e. The highest BCUT2D eigenvalue weighted by atomic mass is 16.3. The number of aliphatic hydroxyl groups is 1. The van der Waals surface area contributed by atoms with Crippen molar-refractivity contribution in [3.05, 3.63) is 28.8 Å². The van der Waals surface area contributed by atoms with Crippen LogP contribution in [0.4, 0.5) is 0 Å². The first-order valence-electron chi connectivity index (χ1n) is 13.7. The molecule has 8 nitrogen and oxygen atoms in total. The Balaban J connectivity index is 1.87. The van der Waals surface area contributed by atoms with Gasteiger partial charge in [0.1, 0.15) is 23.2 Å². The lowest BCUT2D eigenvalue weighted by Crippen LogP contribution is -2.76. The summed E-state index contributed by atoms with van der Waals surface area (Å²) in [5, 5.41) is 23.1. The van der Waals surface area contributed by atoms with E-state index in [1.165, 1.54) is 0 Å². The number of carbonyl (C=O) groups excluding carboxylic acids is 6. The highest BCUT2D eigenvalue weighted by Crippen LogP contribution is 2.63. The maximum Gasteiger partial charge on any atom is 0.190 e. The molecule has 0 amide bonds. The number of benzene rings is 1. The molecule has 2 fully saturated rings. The van der Waals surface area contributed by atoms with Gasteiger partial charge in [0.2, 0.25) is 0 Å². The fourth-order valence-corrected chi connectivity index (χ4v) is 8.05. The van der Waals surface area contributed by atoms with Gasteiger partial charge in [0.25, 0.3) is 0 Å². The molecule has 0 radical (unpaired) electrons. The number of Topliss-reactive ketones (excluding diaryl/α,β-unsaturated/α-hetero) is 6. The Morgan fingerprint density at radius 1 is 1.03 bits per heavy atom. The van der Waals surface area contributed by atoms with Crippen LogP contribution in [0.5, 0.6) is 5.75 Å². The summed E-state index contributed by atoms with van der Waals surface area (Å²) >= 11 is 0. The van der Waals surface area contributed by atoms with Crippen LogP contribution in [-0.4, -0.2) is 50.5 Å². The van der Waals surface area contributed by atoms with E-state index in [0.717, 1.165) is 6.92 Å². The number of ketones is 6. The van der Waals surface area contributed by atoms with Gasteiger partial charge < -0.3 is 10.2 Å². The molecule has 210 valence electrons. The van der Waals surface area contributed by atoms with Gasteiger partial charge in [-0.3, -0.25) is 28.8 Å². The van der Waals surface area contributed by atoms with E-state index in [1.807, 2.05) is 13.8 Å². The fraction of sp³-hybridized carbons (Fsp3) is 0.613. The van der Waals surface area contributed by atoms with Crippen LogP contribution in [0, 0.1) is 40.4 Å². The third-order valence-electron chi connectivity index (χ3n) is 9.36. The molecule has 1 aromatic carbocycles. The van der Waals surface area contributed by atoms with Crippen molar-refractivity contribution < 1.29 is 39.0 Å². The molecule has 2 N–H and O–H groups in total. The molecule has 1 aromatic rings. The van der Waals surface area contributed by atoms with Crippen LogP contribution in [0.15, 0.2) is 12.1 Å². The Hall–Kier alpha value is -3.00. The fourth-order valence-electron chi connectivity index (χ4n) is 8.05. The van der Waals surface area contributed by atoms with Crippen molar-refractivity contribution >= 4 is 34.7 Å². The third-order valence-corrected chi connectivity index (χ3v) is 9.36. The van der Waals surface area contributed by atoms with Gasteiger partial charge in [0.05, 0.1) is 11.5 Å². The lowest BCUT2D eigenvalue weighted by atomic mass is 9.40. The van der Waals surface area contributed by atoms with Crippen molar-refractivity contribution in [2.75, 3.05) is 0 Å². The van der Waals surface area contributed by atoms with Crippen molar-refractivity contribution in [3.8, 4) is 5.75 Å². The number of fused-ring (bicyclic) bond motifs is 3. The average molecular weight is 539 g/mol. The van der Waals surface area contributed by atoms with Crippen molar-refractivity contribution in [1.82, 2.24) is 0 Å². The van der Waals surface area contributed by atoms with E-state index in [4.69, 9.17) is 0 Å². The summed E-state index contributed by atoms with van der Waals surface area (Å²) in [6, 6.07) is 3.30. The second kappa shape index (κ2) is 9.29. The molecule has 39 heavy (non-hydrogen) atoms. The molecule has 0 aromatic heterocycles. The van der Waals surface area contributed by atoms with Crippen LogP contribution in [0.2, 0.25) is 0 Å². The molecule has 4 rings (SSSR count). The smallest absolute Gasteiger partial charge is 0.190 e. The standard InChI is InChI=1S/C31H38O8/c1-14(2)10-19(33)11-17-8-9-18-12-29(6)13-30(7)22(15(3)4)25(35)20(16(5)32)27(37)31(30,39)28(38)23(29)26(36)21(18)24(17)34/h8-9,14-15,20,22-23,34,39H,10-13H2,1-7H3/t20?,22?,23?,29-,30-,31+/m1/s1. The summed E-state index contributed by atoms with van der Waals surface area (Å²) < 4.78 is 0. The van der Waals surface area contributed by atoms with Crippen molar-refractivity contribution in [3.63, 3.8) is 0 Å². The van der Waals surface area contributed by atoms with Gasteiger partial charge >= 0.3 is 0 Å². The molecule has 3 aliphatic rings. The van der Waals surface area contributed by atoms with E-state index >= 15 is 0 Å². The van der Waals surface area contributed by atoms with Gasteiger partial charge in [-0.05, 0) is 42.6 Å². The first-order chi connectivity index (χ1) is 17.9. The summed E-state index contributed by atoms with van der Waals surface area (Å²) in [7, 11) is 0. The Labute approximate surface area is 228 Å². The van der Waals surface area contributed by atoms with Crippen LogP contribution in [0.25, 0.3) is 0 Å². The third kappa shape index (κ3) is 3.97. The van der Waals surface area contributed by atoms with Crippen LogP contribution in [0.3, 0.4) is 0 Å². The number of phenols is 1. The quantitative estimate of drug-likeness (QED) is 0.526. The van der Waals surface area contributed by atoms with Gasteiger partial charge in [-0.2, -0.15) is 0 Å². The summed E-state index contributed by atoms with van der Waals surface area (Å²) in [5.41, 5.74) is -4.60. The van der Waals surface area contributed by atoms with Crippen LogP contribution < -0.4 is 0 Å². The van der Waals surface area contributed by atoms with Gasteiger partial charge in [0, 0.05) is 29.7 Å². The molecule has 0 spiro atoms. The number of phenolic OH excluding ortho intramolecular Hbond substituents is 1. The Morgan fingerprint density at radius 2 is 1.64 bits per heavy atom. The predicted molar refractivity (Wildman–Crippen MR) is 141 cm³/mol. The monoisotopic (exact) mass is 538 g/mol. The Bertz CT molecular complexity index is 1320. The number of aromatic hydroxyl groups is 1. The van der Waals surface area contributed by atoms with E-state index in [0.29, 0.717) is 12.0 Å². The molecule has 3 unspecified atom stereocenters. The van der Waals surface area contributed by atoms with Crippen LogP contribution >= 0.6 is 0 Å². The van der Waals surface area contributed by atoms with E-state index in [-0.39, 0.29) is 47.8 Å². The Morgan fingerprint density at radius 3 is 2.18 bits per heavy atom. The number of hydrogen-bond acceptors (Lipinski definition) is 8. The number of rotatable bonds is 6. The lowest BCUT2D eigenvalue weighted by Gasteiger charge is -2.61. The minimum absolute atomic E-state index is 0.0123. The summed E-state index contributed by atoms with van der Waals surface area (Å²) in [4.78, 5) is 80.3. The largest absolute Gasteiger partial charge is 0.507 e. The molecule has 0 bridgehead atoms. The zero-order valence-electron chi connectivity index (χ0n) is 23.7. The predicted octanol–water partition coefficient (Wildman–Crippen LogP) is 3.25. The minimum atomic E-state index is -2.72. The van der Waals surface area contributed by atoms with Crippen molar-refractivity contribution in [1.29, 1.82) is 0 Å². The summed E-state index contributed by atoms with van der Waals surface area (Å²) in [6.45, 7) is 11.7. The summed E-state index contributed by atoms with van der Waals surface area (Å²) in [5.74, 6) is -9.18. The first kappa shape index (κ1) is 29.0. The van der Waals surface area contributed by atoms with E-state index < -0.39 is 69.0 Å². The highest BCUT2D eigenvalue weighted by molar-refractivity contribution is 6.32. The molecular formula is C31H38O8. The van der Waals surface area contributed by atoms with E-state index in [9.17, 15) is 39.0 Å². The topological polar surface area (TPSA) is 143 Å². The first-order valence-corrected chi connectivity index (χ1v) is 13.7. The van der Waals surface area contributed by atoms with Gasteiger partial charge in [-0.1, -0.05) is 53.7 Å². The molecular weight excluding hydrogens is 500 g/mol. The maximum atomic E-state index is 14.2. The molecule has 0 aliphatic heterocycles. The number of hydrogen-bond donors (Lipinski definition) is 2. The second-order valence-corrected chi connectivity index (χ2v) is 13.2. The van der Waals surface area contributed by atoms with Gasteiger partial charge in [-0.15, -0.1) is 0 Å². The van der Waals surface area contributed by atoms with Crippen LogP contribution in [0.1, 0.15) is 82.8 Å². The van der Waals surface area contributed by atoms with Crippen molar-refractivity contribution in [2.45, 2.75) is 79.8 Å². The molecule has 6 atom stereocenters. The van der Waals surface area contributed by atoms with Gasteiger partial charge in [-0.25, -0.2) is 0 Å². The summed E-state index contributed by atoms with van der Waals surface area (Å²) in [6.07, 6.45) is 0.440. The molecule has 0 saturated heterocycles. The normalized spacial score (nSPS) is 34.2. The molecule has 2 saturated carbocycles. The Kier molecular flexibility index (Phi) is 6.91. The highest BCUT2D eigenvalue weighted by Gasteiger charge is 2.76. The average Bonchev–Trinajstić information content (AvgIpc) is 2.77. The lowest BCUT2D eigenvalue weighted by molar-refractivity contribution is -0.205. The molecule has 0 heterocycles. The van der Waals surface area contributed by atoms with Crippen molar-refractivity contribution in [2.24, 2.45) is 40.4 Å². The molecule has 3 aliphatic carbocycles. The molecule has 8 heteroatoms. The van der Waals surface area contributed by atoms with Gasteiger partial charge in [0.15, 0.2) is 28.7 Å². The second-order valence-electron chi connectivity index (χ2n) is 13.2. The van der Waals surface area contributed by atoms with E-state index in [2.05, 4.69) is 0 Å². The maximum absolute atomic E-state index is 14.2. The van der Waals surface area contributed by atoms with Crippen LogP contribution in [-0.2, 0) is 36.8 Å². The SMILES string of the molecule is CC(=O)C1C(=O)C(C(C)C)[C@@]2(C)C[C@@]3(C)Cc4ccc(CC(=O)CC(C)C)c(O)c4C(=O)C3C(=O)[C@@]2(O)C1=O. The van der Waals surface area contributed by atoms with E-state index in [1.54, 1.807) is 39.8 Å². The zero-order chi connectivity index (χ0) is 29.4.